The van der Waals surface area contributed by atoms with Crippen LogP contribution in [0.1, 0.15) is 39.7 Å². The molecule has 0 bridgehead atoms. The summed E-state index contributed by atoms with van der Waals surface area (Å²) in [5, 5.41) is 12.3. The summed E-state index contributed by atoms with van der Waals surface area (Å²) in [7, 11) is 0. The Morgan fingerprint density at radius 1 is 1.12 bits per heavy atom. The number of rotatable bonds is 2. The molecule has 0 aliphatic carbocycles. The number of nitrogens with one attached hydrogen (secondary N) is 1. The van der Waals surface area contributed by atoms with E-state index in [1.807, 2.05) is 72.5 Å². The first-order chi connectivity index (χ1) is 15.5. The smallest absolute Gasteiger partial charge is 0.255 e. The van der Waals surface area contributed by atoms with Crippen molar-refractivity contribution in [1.82, 2.24) is 9.88 Å². The van der Waals surface area contributed by atoms with E-state index in [0.717, 1.165) is 45.3 Å². The highest BCUT2D eigenvalue weighted by atomic mass is 35.5. The van der Waals surface area contributed by atoms with E-state index in [2.05, 4.69) is 11.1 Å². The highest BCUT2D eigenvalue weighted by Gasteiger charge is 2.53. The minimum Gasteiger partial charge on any atom is -0.507 e. The zero-order chi connectivity index (χ0) is 22.0. The first-order valence-electron chi connectivity index (χ1n) is 10.7. The third kappa shape index (κ3) is 2.47. The number of phenolic OH excluding ortho intramolecular Hbond substituents is 1. The molecular formula is C27H21ClN2O2. The van der Waals surface area contributed by atoms with Crippen LogP contribution in [0.3, 0.4) is 0 Å². The third-order valence-corrected chi connectivity index (χ3v) is 7.06. The van der Waals surface area contributed by atoms with Gasteiger partial charge in [-0.05, 0) is 60.9 Å². The van der Waals surface area contributed by atoms with Crippen LogP contribution in [-0.4, -0.2) is 27.4 Å². The molecule has 0 saturated carbocycles. The maximum absolute atomic E-state index is 13.5. The number of benzene rings is 3. The first kappa shape index (κ1) is 19.2. The van der Waals surface area contributed by atoms with Crippen LogP contribution < -0.4 is 0 Å². The topological polar surface area (TPSA) is 56.3 Å². The molecular weight excluding hydrogens is 420 g/mol. The summed E-state index contributed by atoms with van der Waals surface area (Å²) in [5.41, 5.74) is 5.74. The number of aromatic hydroxyl groups is 1. The van der Waals surface area contributed by atoms with Crippen molar-refractivity contribution in [2.45, 2.75) is 18.9 Å². The second kappa shape index (κ2) is 6.75. The molecule has 3 heterocycles. The van der Waals surface area contributed by atoms with Crippen molar-refractivity contribution < 1.29 is 9.90 Å². The molecule has 2 N–H and O–H groups in total. The van der Waals surface area contributed by atoms with Gasteiger partial charge in [-0.1, -0.05) is 48.0 Å². The first-order valence-corrected chi connectivity index (χ1v) is 11.1. The van der Waals surface area contributed by atoms with Crippen molar-refractivity contribution in [3.05, 3.63) is 106 Å². The summed E-state index contributed by atoms with van der Waals surface area (Å²) in [6.07, 6.45) is 2.88. The number of hydrogen-bond acceptors (Lipinski definition) is 2. The predicted molar refractivity (Wildman–Crippen MR) is 127 cm³/mol. The SMILES string of the molecule is CC(=C[C@@]12c3ccccc3C(=O)N1CCc1c2[nH]c2ccc(Cl)cc12)c1ccccc1O. The molecule has 2 aliphatic rings. The Morgan fingerprint density at radius 3 is 2.75 bits per heavy atom. The van der Waals surface area contributed by atoms with E-state index in [1.54, 1.807) is 6.07 Å². The summed E-state index contributed by atoms with van der Waals surface area (Å²) in [4.78, 5) is 19.1. The highest BCUT2D eigenvalue weighted by Crippen LogP contribution is 2.51. The molecule has 3 aromatic carbocycles. The van der Waals surface area contributed by atoms with Gasteiger partial charge in [0.25, 0.3) is 5.91 Å². The van der Waals surface area contributed by atoms with E-state index < -0.39 is 5.54 Å². The van der Waals surface area contributed by atoms with Crippen molar-refractivity contribution in [2.75, 3.05) is 6.54 Å². The number of carbonyl (C=O) groups is 1. The fourth-order valence-electron chi connectivity index (χ4n) is 5.46. The molecule has 1 atom stereocenters. The minimum atomic E-state index is -0.779. The van der Waals surface area contributed by atoms with Crippen LogP contribution in [0, 0.1) is 0 Å². The molecule has 1 amide bonds. The number of hydrogen-bond donors (Lipinski definition) is 2. The summed E-state index contributed by atoms with van der Waals surface area (Å²) in [6.45, 7) is 2.59. The van der Waals surface area contributed by atoms with Gasteiger partial charge >= 0.3 is 0 Å². The van der Waals surface area contributed by atoms with Crippen molar-refractivity contribution in [1.29, 1.82) is 0 Å². The second-order valence-corrected chi connectivity index (χ2v) is 8.97. The van der Waals surface area contributed by atoms with Gasteiger partial charge in [0, 0.05) is 39.2 Å². The van der Waals surface area contributed by atoms with Gasteiger partial charge in [0.1, 0.15) is 11.3 Å². The molecule has 0 unspecified atom stereocenters. The Morgan fingerprint density at radius 2 is 1.91 bits per heavy atom. The van der Waals surface area contributed by atoms with Crippen LogP contribution in [0.15, 0.2) is 72.8 Å². The zero-order valence-corrected chi connectivity index (χ0v) is 18.3. The molecule has 158 valence electrons. The molecule has 32 heavy (non-hydrogen) atoms. The lowest BCUT2D eigenvalue weighted by Gasteiger charge is -2.41. The van der Waals surface area contributed by atoms with E-state index in [4.69, 9.17) is 11.6 Å². The molecule has 4 nitrogen and oxygen atoms in total. The number of aromatic amines is 1. The van der Waals surface area contributed by atoms with Gasteiger partial charge in [0.2, 0.25) is 0 Å². The third-order valence-electron chi connectivity index (χ3n) is 6.83. The van der Waals surface area contributed by atoms with Crippen molar-refractivity contribution in [3.8, 4) is 5.75 Å². The van der Waals surface area contributed by atoms with Crippen LogP contribution in [0.4, 0.5) is 0 Å². The van der Waals surface area contributed by atoms with Crippen molar-refractivity contribution in [3.63, 3.8) is 0 Å². The van der Waals surface area contributed by atoms with Crippen LogP contribution in [0.2, 0.25) is 5.02 Å². The van der Waals surface area contributed by atoms with E-state index in [9.17, 15) is 9.90 Å². The summed E-state index contributed by atoms with van der Waals surface area (Å²) >= 11 is 6.33. The van der Waals surface area contributed by atoms with E-state index >= 15 is 0 Å². The van der Waals surface area contributed by atoms with Gasteiger partial charge in [0.15, 0.2) is 0 Å². The number of allylic oxidation sites excluding steroid dienone is 1. The summed E-state index contributed by atoms with van der Waals surface area (Å²) in [6, 6.07) is 21.0. The number of aromatic nitrogens is 1. The number of halogens is 1. The quantitative estimate of drug-likeness (QED) is 0.408. The Labute approximate surface area is 190 Å². The highest BCUT2D eigenvalue weighted by molar-refractivity contribution is 6.31. The Balaban J connectivity index is 1.70. The standard InChI is InChI=1S/C27H21ClN2O2/c1-16(18-6-3-5-9-24(18)31)15-27-22-8-4-2-7-20(22)26(32)30(27)13-12-19-21-14-17(28)10-11-23(21)29-25(19)27/h2-11,14-15,29,31H,12-13H2,1H3/t27-/m0/s1. The van der Waals surface area contributed by atoms with Crippen LogP contribution >= 0.6 is 11.6 Å². The van der Waals surface area contributed by atoms with Crippen LogP contribution in [-0.2, 0) is 12.0 Å². The van der Waals surface area contributed by atoms with Gasteiger partial charge in [-0.2, -0.15) is 0 Å². The fourth-order valence-corrected chi connectivity index (χ4v) is 5.63. The molecule has 1 aromatic heterocycles. The van der Waals surface area contributed by atoms with Gasteiger partial charge in [-0.15, -0.1) is 0 Å². The Kier molecular flexibility index (Phi) is 4.05. The van der Waals surface area contributed by atoms with E-state index in [0.29, 0.717) is 11.6 Å². The number of phenols is 1. The Hall–Kier alpha value is -3.50. The molecule has 4 aromatic rings. The lowest BCUT2D eigenvalue weighted by Crippen LogP contribution is -2.48. The van der Waals surface area contributed by atoms with E-state index in [-0.39, 0.29) is 11.7 Å². The van der Waals surface area contributed by atoms with Crippen molar-refractivity contribution >= 4 is 34.0 Å². The molecule has 2 aliphatic heterocycles. The van der Waals surface area contributed by atoms with Gasteiger partial charge in [-0.25, -0.2) is 0 Å². The lowest BCUT2D eigenvalue weighted by molar-refractivity contribution is 0.0666. The second-order valence-electron chi connectivity index (χ2n) is 8.53. The maximum atomic E-state index is 13.5. The largest absolute Gasteiger partial charge is 0.507 e. The van der Waals surface area contributed by atoms with Crippen LogP contribution in [0.25, 0.3) is 16.5 Å². The molecule has 0 saturated heterocycles. The molecule has 5 heteroatoms. The fraction of sp³-hybridized carbons (Fsp3) is 0.148. The number of para-hydroxylation sites is 1. The number of nitrogens with zero attached hydrogens (tertiary/aromatic N) is 1. The number of carbonyl (C=O) groups excluding carboxylic acids is 1. The summed E-state index contributed by atoms with van der Waals surface area (Å²) < 4.78 is 0. The molecule has 0 spiro atoms. The predicted octanol–water partition coefficient (Wildman–Crippen LogP) is 5.89. The number of H-pyrrole nitrogens is 1. The maximum Gasteiger partial charge on any atom is 0.255 e. The zero-order valence-electron chi connectivity index (χ0n) is 17.5. The Bertz CT molecular complexity index is 1450. The molecule has 6 rings (SSSR count). The average molecular weight is 441 g/mol. The lowest BCUT2D eigenvalue weighted by atomic mass is 9.79. The number of amides is 1. The minimum absolute atomic E-state index is 0.0317. The summed E-state index contributed by atoms with van der Waals surface area (Å²) in [5.74, 6) is 0.255. The van der Waals surface area contributed by atoms with Gasteiger partial charge in [0.05, 0.1) is 5.69 Å². The van der Waals surface area contributed by atoms with Crippen molar-refractivity contribution in [2.24, 2.45) is 0 Å². The van der Waals surface area contributed by atoms with Crippen LogP contribution in [0.5, 0.6) is 5.75 Å². The number of fused-ring (bicyclic) bond motifs is 7. The van der Waals surface area contributed by atoms with Gasteiger partial charge < -0.3 is 15.0 Å². The van der Waals surface area contributed by atoms with Gasteiger partial charge in [-0.3, -0.25) is 4.79 Å². The molecule has 0 fully saturated rings. The monoisotopic (exact) mass is 440 g/mol. The normalized spacial score (nSPS) is 19.8. The average Bonchev–Trinajstić information content (AvgIpc) is 3.28. The molecule has 0 radical (unpaired) electrons. The van der Waals surface area contributed by atoms with E-state index in [1.165, 1.54) is 5.56 Å².